The third kappa shape index (κ3) is 5.02. The smallest absolute Gasteiger partial charge is 0.227 e. The molecule has 0 saturated carbocycles. The molecule has 0 aliphatic carbocycles. The van der Waals surface area contributed by atoms with Gasteiger partial charge in [-0.25, -0.2) is 4.39 Å². The molecule has 1 aromatic carbocycles. The molecule has 0 unspecified atom stereocenters. The van der Waals surface area contributed by atoms with E-state index in [4.69, 9.17) is 0 Å². The van der Waals surface area contributed by atoms with E-state index in [2.05, 4.69) is 15.6 Å². The molecule has 0 aliphatic rings. The van der Waals surface area contributed by atoms with Crippen molar-refractivity contribution in [3.05, 3.63) is 35.6 Å². The number of aliphatic imine (C=N–C) groups is 1. The van der Waals surface area contributed by atoms with Crippen LogP contribution in [0, 0.1) is 11.2 Å². The normalized spacial score (nSPS) is 12.0. The number of benzene rings is 1. The van der Waals surface area contributed by atoms with Crippen LogP contribution in [0.3, 0.4) is 0 Å². The van der Waals surface area contributed by atoms with Crippen LogP contribution < -0.4 is 10.6 Å². The molecule has 0 bridgehead atoms. The van der Waals surface area contributed by atoms with Crippen molar-refractivity contribution in [2.24, 2.45) is 10.4 Å². The summed E-state index contributed by atoms with van der Waals surface area (Å²) in [5.41, 5.74) is 0.443. The molecule has 122 valence electrons. The zero-order valence-corrected chi connectivity index (χ0v) is 13.9. The third-order valence-electron chi connectivity index (χ3n) is 3.44. The van der Waals surface area contributed by atoms with Gasteiger partial charge in [-0.15, -0.1) is 0 Å². The predicted molar refractivity (Wildman–Crippen MR) is 87.1 cm³/mol. The summed E-state index contributed by atoms with van der Waals surface area (Å²) < 4.78 is 12.9. The number of hydrogen-bond donors (Lipinski definition) is 2. The molecular formula is C16H25FN4O. The fourth-order valence-electron chi connectivity index (χ4n) is 2.04. The van der Waals surface area contributed by atoms with Crippen LogP contribution in [0.1, 0.15) is 19.4 Å². The van der Waals surface area contributed by atoms with Crippen LogP contribution in [0.25, 0.3) is 0 Å². The summed E-state index contributed by atoms with van der Waals surface area (Å²) in [7, 11) is 5.21. The molecule has 0 atom stereocenters. The average molecular weight is 308 g/mol. The van der Waals surface area contributed by atoms with Crippen LogP contribution in [0.4, 0.5) is 4.39 Å². The van der Waals surface area contributed by atoms with Gasteiger partial charge in [0.15, 0.2) is 5.96 Å². The highest BCUT2D eigenvalue weighted by atomic mass is 19.1. The maximum Gasteiger partial charge on any atom is 0.227 e. The summed E-state index contributed by atoms with van der Waals surface area (Å²) in [6, 6.07) is 6.36. The number of carbonyl (C=O) groups excluding carboxylic acids is 1. The number of halogens is 1. The number of nitrogens with one attached hydrogen (secondary N) is 2. The minimum absolute atomic E-state index is 0.0309. The Kier molecular flexibility index (Phi) is 6.34. The quantitative estimate of drug-likeness (QED) is 0.642. The van der Waals surface area contributed by atoms with Crippen molar-refractivity contribution in [3.63, 3.8) is 0 Å². The Morgan fingerprint density at radius 1 is 1.32 bits per heavy atom. The predicted octanol–water partition coefficient (Wildman–Crippen LogP) is 1.61. The first-order chi connectivity index (χ1) is 10.3. The monoisotopic (exact) mass is 308 g/mol. The summed E-state index contributed by atoms with van der Waals surface area (Å²) in [4.78, 5) is 17.9. The zero-order chi connectivity index (χ0) is 16.8. The number of nitrogens with zero attached hydrogens (tertiary/aromatic N) is 2. The highest BCUT2D eigenvalue weighted by molar-refractivity contribution is 5.84. The van der Waals surface area contributed by atoms with Crippen LogP contribution in [-0.4, -0.2) is 44.5 Å². The lowest BCUT2D eigenvalue weighted by Crippen LogP contribution is -2.47. The average Bonchev–Trinajstić information content (AvgIpc) is 2.49. The molecule has 0 fully saturated rings. The van der Waals surface area contributed by atoms with E-state index >= 15 is 0 Å². The van der Waals surface area contributed by atoms with Gasteiger partial charge in [0.05, 0.1) is 5.41 Å². The van der Waals surface area contributed by atoms with E-state index in [0.29, 0.717) is 19.0 Å². The number of hydrogen-bond acceptors (Lipinski definition) is 2. The van der Waals surface area contributed by atoms with E-state index in [0.717, 1.165) is 5.56 Å². The second-order valence-corrected chi connectivity index (χ2v) is 5.85. The first-order valence-corrected chi connectivity index (χ1v) is 7.18. The number of amides is 1. The van der Waals surface area contributed by atoms with E-state index in [9.17, 15) is 9.18 Å². The molecule has 0 aliphatic heterocycles. The molecule has 1 amide bonds. The molecule has 0 radical (unpaired) electrons. The lowest BCUT2D eigenvalue weighted by Gasteiger charge is -2.27. The van der Waals surface area contributed by atoms with E-state index in [1.165, 1.54) is 12.1 Å². The fraction of sp³-hybridized carbons (Fsp3) is 0.500. The van der Waals surface area contributed by atoms with Crippen LogP contribution in [0.15, 0.2) is 29.3 Å². The van der Waals surface area contributed by atoms with Crippen LogP contribution in [0.2, 0.25) is 0 Å². The highest BCUT2D eigenvalue weighted by Crippen LogP contribution is 2.13. The van der Waals surface area contributed by atoms with Gasteiger partial charge in [0, 0.05) is 34.2 Å². The van der Waals surface area contributed by atoms with Gasteiger partial charge in [-0.2, -0.15) is 0 Å². The molecule has 0 heterocycles. The summed E-state index contributed by atoms with van der Waals surface area (Å²) in [5, 5.41) is 5.85. The SMILES string of the molecule is CN=C(NCC(C)(C)C(=O)NC)N(C)Cc1ccc(F)cc1. The molecule has 0 saturated heterocycles. The third-order valence-corrected chi connectivity index (χ3v) is 3.44. The number of carbonyl (C=O) groups is 1. The van der Waals surface area contributed by atoms with Gasteiger partial charge in [-0.05, 0) is 31.5 Å². The second-order valence-electron chi connectivity index (χ2n) is 5.85. The molecule has 0 spiro atoms. The second kappa shape index (κ2) is 7.77. The molecule has 2 N–H and O–H groups in total. The number of guanidine groups is 1. The zero-order valence-electron chi connectivity index (χ0n) is 13.9. The van der Waals surface area contributed by atoms with Crippen molar-refractivity contribution in [1.29, 1.82) is 0 Å². The minimum atomic E-state index is -0.540. The van der Waals surface area contributed by atoms with Crippen LogP contribution in [0.5, 0.6) is 0 Å². The van der Waals surface area contributed by atoms with Gasteiger partial charge in [-0.3, -0.25) is 9.79 Å². The minimum Gasteiger partial charge on any atom is -0.359 e. The molecule has 22 heavy (non-hydrogen) atoms. The van der Waals surface area contributed by atoms with E-state index in [1.807, 2.05) is 25.8 Å². The van der Waals surface area contributed by atoms with Crippen molar-refractivity contribution < 1.29 is 9.18 Å². The summed E-state index contributed by atoms with van der Waals surface area (Å²) >= 11 is 0. The summed E-state index contributed by atoms with van der Waals surface area (Å²) in [6.07, 6.45) is 0. The van der Waals surface area contributed by atoms with E-state index in [-0.39, 0.29) is 11.7 Å². The van der Waals surface area contributed by atoms with Gasteiger partial charge in [0.1, 0.15) is 5.82 Å². The Bertz CT molecular complexity index is 525. The Labute approximate surface area is 131 Å². The molecule has 6 heteroatoms. The van der Waals surface area contributed by atoms with Crippen molar-refractivity contribution in [3.8, 4) is 0 Å². The van der Waals surface area contributed by atoms with Gasteiger partial charge >= 0.3 is 0 Å². The molecule has 0 aromatic heterocycles. The Morgan fingerprint density at radius 3 is 2.41 bits per heavy atom. The Hall–Kier alpha value is -2.11. The molecule has 5 nitrogen and oxygen atoms in total. The maximum atomic E-state index is 12.9. The van der Waals surface area contributed by atoms with Crippen molar-refractivity contribution in [2.75, 3.05) is 27.7 Å². The largest absolute Gasteiger partial charge is 0.359 e. The van der Waals surface area contributed by atoms with Gasteiger partial charge in [0.2, 0.25) is 5.91 Å². The summed E-state index contributed by atoms with van der Waals surface area (Å²) in [6.45, 7) is 4.80. The molecular weight excluding hydrogens is 283 g/mol. The molecule has 1 aromatic rings. The molecule has 1 rings (SSSR count). The van der Waals surface area contributed by atoms with Crippen molar-refractivity contribution in [1.82, 2.24) is 15.5 Å². The number of rotatable bonds is 5. The highest BCUT2D eigenvalue weighted by Gasteiger charge is 2.27. The van der Waals surface area contributed by atoms with Gasteiger partial charge in [0.25, 0.3) is 0 Å². The van der Waals surface area contributed by atoms with Gasteiger partial charge < -0.3 is 15.5 Å². The lowest BCUT2D eigenvalue weighted by atomic mass is 9.92. The first kappa shape index (κ1) is 17.9. The Balaban J connectivity index is 2.64. The van der Waals surface area contributed by atoms with Crippen LogP contribution in [-0.2, 0) is 11.3 Å². The topological polar surface area (TPSA) is 56.7 Å². The van der Waals surface area contributed by atoms with E-state index < -0.39 is 5.41 Å². The first-order valence-electron chi connectivity index (χ1n) is 7.18. The van der Waals surface area contributed by atoms with Crippen LogP contribution >= 0.6 is 0 Å². The fourth-order valence-corrected chi connectivity index (χ4v) is 2.04. The lowest BCUT2D eigenvalue weighted by molar-refractivity contribution is -0.128. The van der Waals surface area contributed by atoms with Crippen molar-refractivity contribution in [2.45, 2.75) is 20.4 Å². The van der Waals surface area contributed by atoms with E-state index in [1.54, 1.807) is 26.2 Å². The van der Waals surface area contributed by atoms with Gasteiger partial charge in [-0.1, -0.05) is 12.1 Å². The maximum absolute atomic E-state index is 12.9. The summed E-state index contributed by atoms with van der Waals surface area (Å²) in [5.74, 6) is 0.402. The van der Waals surface area contributed by atoms with Crippen molar-refractivity contribution >= 4 is 11.9 Å². The standard InChI is InChI=1S/C16H25FN4O/c1-16(2,14(22)18-3)11-20-15(19-4)21(5)10-12-6-8-13(17)9-7-12/h6-9H,10-11H2,1-5H3,(H,18,22)(H,19,20). The Morgan fingerprint density at radius 2 is 1.91 bits per heavy atom.